The molecule has 1 aromatic rings. The summed E-state index contributed by atoms with van der Waals surface area (Å²) in [6, 6.07) is 4.50. The number of rotatable bonds is 2. The number of nitrogens with one attached hydrogen (secondary N) is 1. The Morgan fingerprint density at radius 3 is 2.48 bits per heavy atom. The van der Waals surface area contributed by atoms with Crippen molar-refractivity contribution >= 4 is 11.6 Å². The van der Waals surface area contributed by atoms with Gasteiger partial charge in [-0.05, 0) is 49.3 Å². The minimum atomic E-state index is -4.50. The molecule has 1 aromatic carbocycles. The number of alkyl halides is 3. The lowest BCUT2D eigenvalue weighted by Gasteiger charge is -2.14. The van der Waals surface area contributed by atoms with Gasteiger partial charge in [0.2, 0.25) is 5.91 Å². The number of nitriles is 1. The molecule has 1 amide bonds. The van der Waals surface area contributed by atoms with Crippen LogP contribution < -0.4 is 5.32 Å². The Morgan fingerprint density at radius 2 is 1.90 bits per heavy atom. The summed E-state index contributed by atoms with van der Waals surface area (Å²) >= 11 is 0. The number of hydrogen-bond acceptors (Lipinski definition) is 2. The third kappa shape index (κ3) is 2.73. The van der Waals surface area contributed by atoms with E-state index in [1.807, 2.05) is 0 Å². The Balaban J connectivity index is 1.76. The SMILES string of the molecule is N#Cc1cc(C(F)(F)F)ccc1NC(=O)C1CC2CC2C1. The van der Waals surface area contributed by atoms with Crippen molar-refractivity contribution in [1.82, 2.24) is 0 Å². The van der Waals surface area contributed by atoms with Gasteiger partial charge in [0.15, 0.2) is 0 Å². The van der Waals surface area contributed by atoms with Gasteiger partial charge in [-0.2, -0.15) is 18.4 Å². The first-order valence-corrected chi connectivity index (χ1v) is 6.80. The van der Waals surface area contributed by atoms with Crippen LogP contribution in [0.3, 0.4) is 0 Å². The molecule has 3 rings (SSSR count). The molecule has 0 saturated heterocycles. The van der Waals surface area contributed by atoms with Crippen molar-refractivity contribution < 1.29 is 18.0 Å². The average molecular weight is 294 g/mol. The van der Waals surface area contributed by atoms with Gasteiger partial charge >= 0.3 is 6.18 Å². The molecule has 6 heteroatoms. The quantitative estimate of drug-likeness (QED) is 0.906. The first kappa shape index (κ1) is 13.9. The first-order chi connectivity index (χ1) is 9.88. The monoisotopic (exact) mass is 294 g/mol. The van der Waals surface area contributed by atoms with Crippen molar-refractivity contribution in [2.75, 3.05) is 5.32 Å². The normalized spacial score (nSPS) is 26.9. The summed E-state index contributed by atoms with van der Waals surface area (Å²) in [7, 11) is 0. The summed E-state index contributed by atoms with van der Waals surface area (Å²) in [6.07, 6.45) is -1.62. The third-order valence-electron chi connectivity index (χ3n) is 4.34. The summed E-state index contributed by atoms with van der Waals surface area (Å²) in [5.74, 6) is 1.01. The van der Waals surface area contributed by atoms with Gasteiger partial charge in [0.25, 0.3) is 0 Å². The van der Waals surface area contributed by atoms with E-state index < -0.39 is 11.7 Å². The van der Waals surface area contributed by atoms with E-state index in [1.165, 1.54) is 6.42 Å². The number of halogens is 3. The number of hydrogen-bond donors (Lipinski definition) is 1. The van der Waals surface area contributed by atoms with Crippen LogP contribution in [0.2, 0.25) is 0 Å². The molecule has 0 heterocycles. The number of carbonyl (C=O) groups excluding carboxylic acids is 1. The standard InChI is InChI=1S/C15H13F3N2O/c16-15(17,18)12-1-2-13(11(6-12)7-19)20-14(21)10-4-8-3-9(8)5-10/h1-2,6,8-10H,3-5H2,(H,20,21). The second-order valence-electron chi connectivity index (χ2n) is 5.78. The lowest BCUT2D eigenvalue weighted by Crippen LogP contribution is -2.22. The van der Waals surface area contributed by atoms with E-state index in [9.17, 15) is 18.0 Å². The average Bonchev–Trinajstić information content (AvgIpc) is 3.04. The molecule has 2 fully saturated rings. The maximum absolute atomic E-state index is 12.6. The zero-order valence-corrected chi connectivity index (χ0v) is 11.1. The molecule has 0 aromatic heterocycles. The zero-order valence-electron chi connectivity index (χ0n) is 11.1. The van der Waals surface area contributed by atoms with Crippen molar-refractivity contribution in [3.05, 3.63) is 29.3 Å². The van der Waals surface area contributed by atoms with E-state index in [2.05, 4.69) is 5.32 Å². The summed E-state index contributed by atoms with van der Waals surface area (Å²) in [4.78, 5) is 12.1. The summed E-state index contributed by atoms with van der Waals surface area (Å²) in [5, 5.41) is 11.6. The Bertz CT molecular complexity index is 623. The van der Waals surface area contributed by atoms with Crippen LogP contribution in [-0.4, -0.2) is 5.91 Å². The van der Waals surface area contributed by atoms with E-state index in [-0.39, 0.29) is 23.1 Å². The fourth-order valence-corrected chi connectivity index (χ4v) is 3.09. The Kier molecular flexibility index (Phi) is 3.16. The highest BCUT2D eigenvalue weighted by molar-refractivity contribution is 5.94. The lowest BCUT2D eigenvalue weighted by atomic mass is 10.0. The third-order valence-corrected chi connectivity index (χ3v) is 4.34. The molecule has 0 bridgehead atoms. The van der Waals surface area contributed by atoms with Gasteiger partial charge in [-0.3, -0.25) is 4.79 Å². The van der Waals surface area contributed by atoms with E-state index in [4.69, 9.17) is 5.26 Å². The predicted molar refractivity (Wildman–Crippen MR) is 69.1 cm³/mol. The summed E-state index contributed by atoms with van der Waals surface area (Å²) in [6.45, 7) is 0. The van der Waals surface area contributed by atoms with Crippen LogP contribution in [0.15, 0.2) is 18.2 Å². The van der Waals surface area contributed by atoms with Gasteiger partial charge < -0.3 is 5.32 Å². The molecule has 110 valence electrons. The van der Waals surface area contributed by atoms with Crippen molar-refractivity contribution in [3.63, 3.8) is 0 Å². The van der Waals surface area contributed by atoms with Gasteiger partial charge in [0, 0.05) is 5.92 Å². The maximum atomic E-state index is 12.6. The van der Waals surface area contributed by atoms with E-state index in [0.717, 1.165) is 31.0 Å². The van der Waals surface area contributed by atoms with Gasteiger partial charge in [-0.15, -0.1) is 0 Å². The maximum Gasteiger partial charge on any atom is 0.416 e. The van der Waals surface area contributed by atoms with E-state index in [0.29, 0.717) is 11.8 Å². The molecular weight excluding hydrogens is 281 g/mol. The van der Waals surface area contributed by atoms with E-state index in [1.54, 1.807) is 6.07 Å². The van der Waals surface area contributed by atoms with Crippen LogP contribution in [-0.2, 0) is 11.0 Å². The molecule has 2 aliphatic carbocycles. The predicted octanol–water partition coefficient (Wildman–Crippen LogP) is 3.56. The largest absolute Gasteiger partial charge is 0.416 e. The second-order valence-corrected chi connectivity index (χ2v) is 5.78. The van der Waals surface area contributed by atoms with Crippen LogP contribution in [0.4, 0.5) is 18.9 Å². The molecule has 0 radical (unpaired) electrons. The van der Waals surface area contributed by atoms with Crippen molar-refractivity contribution in [3.8, 4) is 6.07 Å². The molecule has 21 heavy (non-hydrogen) atoms. The van der Waals surface area contributed by atoms with Crippen LogP contribution in [0.1, 0.15) is 30.4 Å². The van der Waals surface area contributed by atoms with Crippen molar-refractivity contribution in [2.24, 2.45) is 17.8 Å². The molecule has 0 spiro atoms. The molecule has 3 nitrogen and oxygen atoms in total. The number of benzene rings is 1. The summed E-state index contributed by atoms with van der Waals surface area (Å²) in [5.41, 5.74) is -0.906. The molecular formula is C15H13F3N2O. The van der Waals surface area contributed by atoms with Crippen LogP contribution in [0.5, 0.6) is 0 Å². The Labute approximate surface area is 119 Å². The topological polar surface area (TPSA) is 52.9 Å². The number of carbonyl (C=O) groups is 1. The van der Waals surface area contributed by atoms with Gasteiger partial charge in [-0.1, -0.05) is 0 Å². The lowest BCUT2D eigenvalue weighted by molar-refractivity contribution is -0.137. The second kappa shape index (κ2) is 4.76. The number of amides is 1. The Hall–Kier alpha value is -2.03. The van der Waals surface area contributed by atoms with Crippen LogP contribution >= 0.6 is 0 Å². The number of anilines is 1. The molecule has 2 aliphatic rings. The number of nitrogens with zero attached hydrogens (tertiary/aromatic N) is 1. The summed E-state index contributed by atoms with van der Waals surface area (Å²) < 4.78 is 37.8. The molecule has 2 unspecified atom stereocenters. The van der Waals surface area contributed by atoms with Crippen LogP contribution in [0, 0.1) is 29.1 Å². The van der Waals surface area contributed by atoms with Crippen molar-refractivity contribution in [1.29, 1.82) is 5.26 Å². The van der Waals surface area contributed by atoms with Gasteiger partial charge in [0.1, 0.15) is 6.07 Å². The Morgan fingerprint density at radius 1 is 1.24 bits per heavy atom. The zero-order chi connectivity index (χ0) is 15.2. The minimum Gasteiger partial charge on any atom is -0.325 e. The molecule has 2 saturated carbocycles. The minimum absolute atomic E-state index is 0.0809. The highest BCUT2D eigenvalue weighted by Crippen LogP contribution is 2.54. The van der Waals surface area contributed by atoms with E-state index >= 15 is 0 Å². The smallest absolute Gasteiger partial charge is 0.325 e. The van der Waals surface area contributed by atoms with Crippen LogP contribution in [0.25, 0.3) is 0 Å². The highest BCUT2D eigenvalue weighted by Gasteiger charge is 2.48. The highest BCUT2D eigenvalue weighted by atomic mass is 19.4. The van der Waals surface area contributed by atoms with Gasteiger partial charge in [0.05, 0.1) is 16.8 Å². The number of fused-ring (bicyclic) bond motifs is 1. The molecule has 2 atom stereocenters. The fourth-order valence-electron chi connectivity index (χ4n) is 3.09. The molecule has 1 N–H and O–H groups in total. The van der Waals surface area contributed by atoms with Gasteiger partial charge in [-0.25, -0.2) is 0 Å². The van der Waals surface area contributed by atoms with Crippen molar-refractivity contribution in [2.45, 2.75) is 25.4 Å². The fraction of sp³-hybridized carbons (Fsp3) is 0.467. The first-order valence-electron chi connectivity index (χ1n) is 6.80. The molecule has 0 aliphatic heterocycles.